The maximum atomic E-state index is 10.7. The van der Waals surface area contributed by atoms with E-state index in [9.17, 15) is 4.79 Å². The second-order valence-electron chi connectivity index (χ2n) is 2.85. The van der Waals surface area contributed by atoms with E-state index in [4.69, 9.17) is 5.11 Å². The van der Waals surface area contributed by atoms with Gasteiger partial charge in [-0.1, -0.05) is 0 Å². The smallest absolute Gasteiger partial charge is 0.354 e. The van der Waals surface area contributed by atoms with Crippen LogP contribution in [0.15, 0.2) is 23.8 Å². The molecule has 0 radical (unpaired) electrons. The fourth-order valence-electron chi connectivity index (χ4n) is 1.06. The van der Waals surface area contributed by atoms with Crippen molar-refractivity contribution in [1.29, 1.82) is 0 Å². The van der Waals surface area contributed by atoms with Crippen molar-refractivity contribution in [2.24, 2.45) is 0 Å². The number of thiazole rings is 1. The van der Waals surface area contributed by atoms with E-state index in [0.29, 0.717) is 6.54 Å². The van der Waals surface area contributed by atoms with Gasteiger partial charge in [0.25, 0.3) is 0 Å². The molecule has 6 nitrogen and oxygen atoms in total. The second kappa shape index (κ2) is 4.67. The van der Waals surface area contributed by atoms with Gasteiger partial charge in [-0.3, -0.25) is 0 Å². The molecule has 0 saturated heterocycles. The molecular formula is C9H8N4O2S. The molecule has 0 saturated carbocycles. The lowest BCUT2D eigenvalue weighted by Crippen LogP contribution is -2.07. The van der Waals surface area contributed by atoms with Crippen LogP contribution in [-0.4, -0.2) is 26.0 Å². The number of carbonyl (C=O) groups is 1. The molecule has 0 aliphatic carbocycles. The van der Waals surface area contributed by atoms with Crippen molar-refractivity contribution in [2.45, 2.75) is 6.54 Å². The van der Waals surface area contributed by atoms with Crippen LogP contribution < -0.4 is 5.32 Å². The summed E-state index contributed by atoms with van der Waals surface area (Å²) in [7, 11) is 0. The molecule has 0 aliphatic rings. The molecule has 16 heavy (non-hydrogen) atoms. The summed E-state index contributed by atoms with van der Waals surface area (Å²) in [5, 5.41) is 14.4. The molecule has 2 aromatic heterocycles. The Morgan fingerprint density at radius 1 is 1.44 bits per heavy atom. The van der Waals surface area contributed by atoms with Gasteiger partial charge < -0.3 is 10.4 Å². The van der Waals surface area contributed by atoms with Crippen LogP contribution in [0.4, 0.5) is 5.95 Å². The zero-order valence-electron chi connectivity index (χ0n) is 8.12. The Balaban J connectivity index is 2.04. The topological polar surface area (TPSA) is 88.0 Å². The van der Waals surface area contributed by atoms with E-state index >= 15 is 0 Å². The number of carboxylic acids is 1. The van der Waals surface area contributed by atoms with Crippen LogP contribution in [0, 0.1) is 0 Å². The fraction of sp³-hybridized carbons (Fsp3) is 0.111. The molecule has 2 heterocycles. The predicted octanol–water partition coefficient (Wildman–Crippen LogP) is 1.24. The number of hydrogen-bond donors (Lipinski definition) is 2. The molecule has 2 rings (SSSR count). The zero-order chi connectivity index (χ0) is 11.4. The Morgan fingerprint density at radius 2 is 2.31 bits per heavy atom. The summed E-state index contributed by atoms with van der Waals surface area (Å²) in [6, 6.07) is 1.34. The van der Waals surface area contributed by atoms with Crippen molar-refractivity contribution in [3.8, 4) is 0 Å². The van der Waals surface area contributed by atoms with E-state index in [0.717, 1.165) is 5.01 Å². The molecular weight excluding hydrogens is 228 g/mol. The maximum absolute atomic E-state index is 10.7. The fourth-order valence-corrected chi connectivity index (χ4v) is 1.61. The van der Waals surface area contributed by atoms with Gasteiger partial charge in [0.05, 0.1) is 6.54 Å². The third-order valence-corrected chi connectivity index (χ3v) is 2.54. The van der Waals surface area contributed by atoms with Crippen LogP contribution in [0.25, 0.3) is 0 Å². The lowest BCUT2D eigenvalue weighted by Gasteiger charge is -2.02. The van der Waals surface area contributed by atoms with Crippen LogP contribution in [0.3, 0.4) is 0 Å². The van der Waals surface area contributed by atoms with Crippen molar-refractivity contribution < 1.29 is 9.90 Å². The molecule has 0 atom stereocenters. The quantitative estimate of drug-likeness (QED) is 0.830. The van der Waals surface area contributed by atoms with Crippen LogP contribution in [0.5, 0.6) is 0 Å². The third-order valence-electron chi connectivity index (χ3n) is 1.76. The Labute approximate surface area is 95.0 Å². The average Bonchev–Trinajstić information content (AvgIpc) is 2.79. The van der Waals surface area contributed by atoms with Gasteiger partial charge in [-0.15, -0.1) is 11.3 Å². The molecule has 0 fully saturated rings. The van der Waals surface area contributed by atoms with Crippen LogP contribution in [0.2, 0.25) is 0 Å². The number of rotatable bonds is 4. The summed E-state index contributed by atoms with van der Waals surface area (Å²) in [5.41, 5.74) is -0.0309. The van der Waals surface area contributed by atoms with Crippen molar-refractivity contribution in [3.63, 3.8) is 0 Å². The normalized spacial score (nSPS) is 10.0. The van der Waals surface area contributed by atoms with Crippen LogP contribution in [0.1, 0.15) is 15.5 Å². The van der Waals surface area contributed by atoms with E-state index in [1.54, 1.807) is 6.20 Å². The lowest BCUT2D eigenvalue weighted by molar-refractivity contribution is 0.0690. The highest BCUT2D eigenvalue weighted by atomic mass is 32.1. The molecule has 0 spiro atoms. The van der Waals surface area contributed by atoms with E-state index in [2.05, 4.69) is 20.3 Å². The first-order valence-corrected chi connectivity index (χ1v) is 5.32. The summed E-state index contributed by atoms with van der Waals surface area (Å²) in [4.78, 5) is 22.5. The first-order valence-electron chi connectivity index (χ1n) is 4.44. The minimum atomic E-state index is -1.07. The monoisotopic (exact) mass is 236 g/mol. The molecule has 7 heteroatoms. The molecule has 2 aromatic rings. The SMILES string of the molecule is O=C(O)c1ccnc(NCc2nccs2)n1. The number of nitrogens with zero attached hydrogens (tertiary/aromatic N) is 3. The van der Waals surface area contributed by atoms with Crippen LogP contribution in [-0.2, 0) is 6.54 Å². The van der Waals surface area contributed by atoms with Gasteiger partial charge in [0.1, 0.15) is 5.01 Å². The van der Waals surface area contributed by atoms with Crippen molar-refractivity contribution >= 4 is 23.3 Å². The van der Waals surface area contributed by atoms with E-state index in [1.165, 1.54) is 23.6 Å². The minimum absolute atomic E-state index is 0.0309. The lowest BCUT2D eigenvalue weighted by atomic mass is 10.4. The highest BCUT2D eigenvalue weighted by molar-refractivity contribution is 7.09. The predicted molar refractivity (Wildman–Crippen MR) is 58.4 cm³/mol. The molecule has 0 bridgehead atoms. The highest BCUT2D eigenvalue weighted by Crippen LogP contribution is 2.07. The molecule has 0 aliphatic heterocycles. The number of carboxylic acid groups (broad SMARTS) is 1. The standard InChI is InChI=1S/C9H8N4O2S/c14-8(15)6-1-2-11-9(13-6)12-5-7-10-3-4-16-7/h1-4H,5H2,(H,14,15)(H,11,12,13). The first-order chi connectivity index (χ1) is 7.75. The Hall–Kier alpha value is -2.02. The van der Waals surface area contributed by atoms with E-state index in [-0.39, 0.29) is 11.6 Å². The van der Waals surface area contributed by atoms with Gasteiger partial charge in [-0.25, -0.2) is 19.7 Å². The highest BCUT2D eigenvalue weighted by Gasteiger charge is 2.05. The summed E-state index contributed by atoms with van der Waals surface area (Å²) in [5.74, 6) is -0.783. The second-order valence-corrected chi connectivity index (χ2v) is 3.83. The van der Waals surface area contributed by atoms with Crippen molar-refractivity contribution in [2.75, 3.05) is 5.32 Å². The zero-order valence-corrected chi connectivity index (χ0v) is 8.94. The number of anilines is 1. The summed E-state index contributed by atoms with van der Waals surface area (Å²) >= 11 is 1.51. The summed E-state index contributed by atoms with van der Waals surface area (Å²) < 4.78 is 0. The van der Waals surface area contributed by atoms with Gasteiger partial charge >= 0.3 is 5.97 Å². The van der Waals surface area contributed by atoms with Gasteiger partial charge in [0.2, 0.25) is 5.95 Å². The van der Waals surface area contributed by atoms with Crippen molar-refractivity contribution in [1.82, 2.24) is 15.0 Å². The Bertz CT molecular complexity index is 486. The summed E-state index contributed by atoms with van der Waals surface area (Å²) in [6.07, 6.45) is 3.11. The summed E-state index contributed by atoms with van der Waals surface area (Å²) in [6.45, 7) is 0.487. The van der Waals surface area contributed by atoms with Gasteiger partial charge in [0.15, 0.2) is 5.69 Å². The Kier molecular flexibility index (Phi) is 3.06. The van der Waals surface area contributed by atoms with Gasteiger partial charge in [-0.05, 0) is 6.07 Å². The number of aromatic carboxylic acids is 1. The average molecular weight is 236 g/mol. The van der Waals surface area contributed by atoms with Gasteiger partial charge in [-0.2, -0.15) is 0 Å². The van der Waals surface area contributed by atoms with Gasteiger partial charge in [0, 0.05) is 17.8 Å². The number of aromatic nitrogens is 3. The van der Waals surface area contributed by atoms with Crippen molar-refractivity contribution in [3.05, 3.63) is 34.5 Å². The maximum Gasteiger partial charge on any atom is 0.354 e. The molecule has 0 amide bonds. The third kappa shape index (κ3) is 2.51. The number of hydrogen-bond acceptors (Lipinski definition) is 6. The number of nitrogens with one attached hydrogen (secondary N) is 1. The Morgan fingerprint density at radius 3 is 3.00 bits per heavy atom. The molecule has 82 valence electrons. The van der Waals surface area contributed by atoms with Crippen LogP contribution >= 0.6 is 11.3 Å². The first kappa shape index (κ1) is 10.5. The molecule has 2 N–H and O–H groups in total. The molecule has 0 aromatic carbocycles. The minimum Gasteiger partial charge on any atom is -0.477 e. The molecule has 0 unspecified atom stereocenters. The van der Waals surface area contributed by atoms with E-state index < -0.39 is 5.97 Å². The largest absolute Gasteiger partial charge is 0.477 e. The van der Waals surface area contributed by atoms with E-state index in [1.807, 2.05) is 5.38 Å².